The number of esters is 1. The molecule has 3 amide bonds. The number of rotatable bonds is 11. The molecule has 1 atom stereocenters. The fraction of sp³-hybridized carbons (Fsp3) is 0.545. The number of nitrogens with one attached hydrogen (secondary N) is 2. The summed E-state index contributed by atoms with van der Waals surface area (Å²) in [6.45, 7) is 11.1. The van der Waals surface area contributed by atoms with Crippen LogP contribution in [0, 0.1) is 0 Å². The molecular weight excluding hydrogens is 564 g/mol. The number of anilines is 1. The third kappa shape index (κ3) is 11.9. The number of hydrogen-bond acceptors (Lipinski definition) is 8. The van der Waals surface area contributed by atoms with E-state index in [9.17, 15) is 19.2 Å². The molecule has 0 aliphatic carbocycles. The number of ether oxygens (including phenoxy) is 3. The van der Waals surface area contributed by atoms with E-state index in [1.807, 2.05) is 63.2 Å². The second-order valence-electron chi connectivity index (χ2n) is 12.8. The number of unbranched alkanes of at least 4 members (excludes halogenated alkanes) is 1. The number of benzene rings is 1. The van der Waals surface area contributed by atoms with E-state index in [4.69, 9.17) is 19.2 Å². The molecule has 11 heteroatoms. The van der Waals surface area contributed by atoms with Crippen LogP contribution in [0.25, 0.3) is 0 Å². The molecule has 1 aromatic carbocycles. The highest BCUT2D eigenvalue weighted by molar-refractivity contribution is 5.88. The Hall–Kier alpha value is -4.15. The van der Waals surface area contributed by atoms with Gasteiger partial charge in [-0.3, -0.25) is 9.69 Å². The van der Waals surface area contributed by atoms with Crippen LogP contribution in [0.1, 0.15) is 84.0 Å². The predicted molar refractivity (Wildman–Crippen MR) is 166 cm³/mol. The Kier molecular flexibility index (Phi) is 12.1. The van der Waals surface area contributed by atoms with Crippen molar-refractivity contribution in [3.63, 3.8) is 0 Å². The Bertz CT molecular complexity index is 1290. The van der Waals surface area contributed by atoms with Gasteiger partial charge >= 0.3 is 18.2 Å². The van der Waals surface area contributed by atoms with Gasteiger partial charge in [0.25, 0.3) is 0 Å². The van der Waals surface area contributed by atoms with Gasteiger partial charge in [0.05, 0.1) is 0 Å². The van der Waals surface area contributed by atoms with Gasteiger partial charge in [-0.05, 0) is 90.8 Å². The maximum atomic E-state index is 12.8. The fourth-order valence-electron chi connectivity index (χ4n) is 4.48. The number of fused-ring (bicyclic) bond motifs is 1. The molecule has 0 unspecified atom stereocenters. The Morgan fingerprint density at radius 1 is 0.932 bits per heavy atom. The Labute approximate surface area is 260 Å². The van der Waals surface area contributed by atoms with Crippen molar-refractivity contribution < 1.29 is 33.4 Å². The molecule has 0 fully saturated rings. The van der Waals surface area contributed by atoms with Crippen LogP contribution in [-0.2, 0) is 43.2 Å². The van der Waals surface area contributed by atoms with Crippen LogP contribution in [0.5, 0.6) is 0 Å². The molecule has 2 N–H and O–H groups in total. The van der Waals surface area contributed by atoms with Crippen molar-refractivity contribution in [2.24, 2.45) is 0 Å². The molecule has 1 aliphatic heterocycles. The van der Waals surface area contributed by atoms with Gasteiger partial charge in [0.15, 0.2) is 0 Å². The van der Waals surface area contributed by atoms with E-state index in [0.717, 1.165) is 29.7 Å². The molecule has 11 nitrogen and oxygen atoms in total. The van der Waals surface area contributed by atoms with Crippen LogP contribution in [0.4, 0.5) is 15.4 Å². The fourth-order valence-corrected chi connectivity index (χ4v) is 4.48. The molecule has 1 aliphatic rings. The zero-order chi connectivity index (χ0) is 32.3. The van der Waals surface area contributed by atoms with Gasteiger partial charge < -0.3 is 24.8 Å². The number of hydrogen-bond donors (Lipinski definition) is 2. The van der Waals surface area contributed by atoms with Crippen LogP contribution < -0.4 is 15.5 Å². The van der Waals surface area contributed by atoms with Gasteiger partial charge in [0.1, 0.15) is 29.7 Å². The second kappa shape index (κ2) is 15.5. The van der Waals surface area contributed by atoms with Gasteiger partial charge in [-0.15, -0.1) is 0 Å². The van der Waals surface area contributed by atoms with Crippen molar-refractivity contribution in [2.45, 2.75) is 104 Å². The highest BCUT2D eigenvalue weighted by Gasteiger charge is 2.29. The normalized spacial score (nSPS) is 13.7. The number of alkyl carbamates (subject to hydrolysis) is 1. The van der Waals surface area contributed by atoms with E-state index < -0.39 is 35.4 Å². The first-order valence-electron chi connectivity index (χ1n) is 15.2. The van der Waals surface area contributed by atoms with E-state index in [-0.39, 0.29) is 25.5 Å². The second-order valence-corrected chi connectivity index (χ2v) is 12.8. The third-order valence-corrected chi connectivity index (χ3v) is 6.50. The number of aryl methyl sites for hydroxylation is 2. The minimum atomic E-state index is -1.12. The summed E-state index contributed by atoms with van der Waals surface area (Å²) in [6.07, 6.45) is 2.67. The van der Waals surface area contributed by atoms with Crippen LogP contribution in [-0.4, -0.2) is 59.4 Å². The highest BCUT2D eigenvalue weighted by Crippen LogP contribution is 2.27. The van der Waals surface area contributed by atoms with Gasteiger partial charge in [0, 0.05) is 25.2 Å². The molecule has 0 spiro atoms. The van der Waals surface area contributed by atoms with Crippen molar-refractivity contribution in [3.8, 4) is 0 Å². The summed E-state index contributed by atoms with van der Waals surface area (Å²) in [4.78, 5) is 56.9. The van der Waals surface area contributed by atoms with Crippen molar-refractivity contribution in [2.75, 3.05) is 18.0 Å². The average molecular weight is 611 g/mol. The summed E-state index contributed by atoms with van der Waals surface area (Å²) in [7, 11) is 0. The van der Waals surface area contributed by atoms with Crippen molar-refractivity contribution in [1.29, 1.82) is 0 Å². The van der Waals surface area contributed by atoms with Gasteiger partial charge in [0.2, 0.25) is 5.91 Å². The zero-order valence-electron chi connectivity index (χ0n) is 26.7. The van der Waals surface area contributed by atoms with E-state index >= 15 is 0 Å². The maximum Gasteiger partial charge on any atom is 0.416 e. The SMILES string of the molecule is CC(C)(C)OC(=O)[C@H](CNC(=O)CCCCc1ccc2c(n1)N(C(=O)OC(C)(C)C)CCC2)NC(=O)OCc1ccccc1. The lowest BCUT2D eigenvalue weighted by atomic mass is 10.0. The summed E-state index contributed by atoms with van der Waals surface area (Å²) in [5, 5.41) is 5.23. The molecule has 0 bridgehead atoms. The van der Waals surface area contributed by atoms with Crippen molar-refractivity contribution in [3.05, 3.63) is 59.3 Å². The number of aromatic nitrogens is 1. The van der Waals surface area contributed by atoms with Crippen LogP contribution >= 0.6 is 0 Å². The highest BCUT2D eigenvalue weighted by atomic mass is 16.6. The Morgan fingerprint density at radius 2 is 1.64 bits per heavy atom. The molecule has 240 valence electrons. The molecule has 2 heterocycles. The number of amides is 3. The number of carbonyl (C=O) groups is 4. The lowest BCUT2D eigenvalue weighted by Crippen LogP contribution is -2.50. The van der Waals surface area contributed by atoms with E-state index in [1.165, 1.54) is 0 Å². The minimum Gasteiger partial charge on any atom is -0.458 e. The van der Waals surface area contributed by atoms with Crippen LogP contribution in [0.2, 0.25) is 0 Å². The predicted octanol–water partition coefficient (Wildman–Crippen LogP) is 5.24. The van der Waals surface area contributed by atoms with Crippen LogP contribution in [0.3, 0.4) is 0 Å². The summed E-state index contributed by atoms with van der Waals surface area (Å²) < 4.78 is 16.2. The lowest BCUT2D eigenvalue weighted by molar-refractivity contribution is -0.157. The first-order chi connectivity index (χ1) is 20.7. The maximum absolute atomic E-state index is 12.8. The summed E-state index contributed by atoms with van der Waals surface area (Å²) in [6, 6.07) is 12.0. The average Bonchev–Trinajstić information content (AvgIpc) is 2.94. The topological polar surface area (TPSA) is 136 Å². The molecule has 2 aromatic rings. The van der Waals surface area contributed by atoms with Gasteiger partial charge in [-0.2, -0.15) is 0 Å². The number of pyridine rings is 1. The first kappa shape index (κ1) is 34.3. The Morgan fingerprint density at radius 3 is 2.32 bits per heavy atom. The quantitative estimate of drug-likeness (QED) is 0.200. The molecular formula is C33H46N4O7. The van der Waals surface area contributed by atoms with E-state index in [1.54, 1.807) is 25.7 Å². The monoisotopic (exact) mass is 610 g/mol. The number of nitrogens with zero attached hydrogens (tertiary/aromatic N) is 2. The smallest absolute Gasteiger partial charge is 0.416 e. The molecule has 0 saturated heterocycles. The van der Waals surface area contributed by atoms with Gasteiger partial charge in [-0.25, -0.2) is 19.4 Å². The molecule has 44 heavy (non-hydrogen) atoms. The van der Waals surface area contributed by atoms with E-state index in [0.29, 0.717) is 31.6 Å². The summed E-state index contributed by atoms with van der Waals surface area (Å²) >= 11 is 0. The Balaban J connectivity index is 1.48. The minimum absolute atomic E-state index is 0.0399. The van der Waals surface area contributed by atoms with E-state index in [2.05, 4.69) is 10.6 Å². The largest absolute Gasteiger partial charge is 0.458 e. The van der Waals surface area contributed by atoms with Crippen molar-refractivity contribution >= 4 is 29.9 Å². The summed E-state index contributed by atoms with van der Waals surface area (Å²) in [5.41, 5.74) is 1.28. The van der Waals surface area contributed by atoms with Gasteiger partial charge in [-0.1, -0.05) is 36.4 Å². The molecule has 3 rings (SSSR count). The lowest BCUT2D eigenvalue weighted by Gasteiger charge is -2.31. The molecule has 0 saturated carbocycles. The summed E-state index contributed by atoms with van der Waals surface area (Å²) in [5.74, 6) is -0.287. The third-order valence-electron chi connectivity index (χ3n) is 6.50. The first-order valence-corrected chi connectivity index (χ1v) is 15.2. The number of carbonyl (C=O) groups excluding carboxylic acids is 4. The van der Waals surface area contributed by atoms with Crippen molar-refractivity contribution in [1.82, 2.24) is 15.6 Å². The molecule has 1 aromatic heterocycles. The van der Waals surface area contributed by atoms with Crippen LogP contribution in [0.15, 0.2) is 42.5 Å². The standard InChI is InChI=1S/C33H46N4O7/c1-32(2,3)43-29(39)26(36-30(40)42-22-23-13-8-7-9-14-23)21-34-27(38)17-11-10-16-25-19-18-24-15-12-20-37(28(24)35-25)31(41)44-33(4,5)6/h7-9,13-14,18-19,26H,10-12,15-17,20-22H2,1-6H3,(H,34,38)(H,36,40)/t26-/m0/s1. The zero-order valence-corrected chi connectivity index (χ0v) is 26.7. The molecule has 0 radical (unpaired) electrons.